The zero-order valence-corrected chi connectivity index (χ0v) is 9.61. The number of ether oxygens (including phenoxy) is 1. The molecular formula is C11H23NO. The van der Waals surface area contributed by atoms with Crippen LogP contribution in [-0.2, 0) is 4.74 Å². The molecule has 0 amide bonds. The van der Waals surface area contributed by atoms with Gasteiger partial charge in [-0.25, -0.2) is 0 Å². The molecule has 0 spiro atoms. The summed E-state index contributed by atoms with van der Waals surface area (Å²) in [7, 11) is 0. The van der Waals surface area contributed by atoms with E-state index in [0.29, 0.717) is 11.5 Å². The first-order valence-corrected chi connectivity index (χ1v) is 5.17. The van der Waals surface area contributed by atoms with Crippen molar-refractivity contribution in [3.63, 3.8) is 0 Å². The highest BCUT2D eigenvalue weighted by molar-refractivity contribution is 4.93. The highest BCUT2D eigenvalue weighted by atomic mass is 16.5. The van der Waals surface area contributed by atoms with Crippen LogP contribution < -0.4 is 5.32 Å². The van der Waals surface area contributed by atoms with E-state index in [2.05, 4.69) is 39.9 Å². The van der Waals surface area contributed by atoms with Crippen molar-refractivity contribution in [1.82, 2.24) is 5.32 Å². The molecule has 0 aromatic carbocycles. The second kappa shape index (κ2) is 3.58. The number of rotatable bonds is 1. The predicted octanol–water partition coefficient (Wildman–Crippen LogP) is 2.05. The standard InChI is InChI=1S/C11H23NO/c1-10(2,3)11(4,5)9-8-13-7-6-12-9/h9,12H,6-8H2,1-5H3. The topological polar surface area (TPSA) is 21.3 Å². The number of hydrogen-bond donors (Lipinski definition) is 1. The Morgan fingerprint density at radius 3 is 2.15 bits per heavy atom. The molecule has 1 saturated heterocycles. The van der Waals surface area contributed by atoms with Crippen molar-refractivity contribution in [2.75, 3.05) is 19.8 Å². The van der Waals surface area contributed by atoms with Crippen LogP contribution >= 0.6 is 0 Å². The average molecular weight is 185 g/mol. The van der Waals surface area contributed by atoms with E-state index in [4.69, 9.17) is 4.74 Å². The number of nitrogens with one attached hydrogen (secondary N) is 1. The summed E-state index contributed by atoms with van der Waals surface area (Å²) >= 11 is 0. The van der Waals surface area contributed by atoms with Gasteiger partial charge in [-0.2, -0.15) is 0 Å². The van der Waals surface area contributed by atoms with Crippen LogP contribution in [0.5, 0.6) is 0 Å². The van der Waals surface area contributed by atoms with Gasteiger partial charge in [0.1, 0.15) is 0 Å². The van der Waals surface area contributed by atoms with E-state index in [0.717, 1.165) is 19.8 Å². The highest BCUT2D eigenvalue weighted by Gasteiger charge is 2.40. The molecule has 0 bridgehead atoms. The van der Waals surface area contributed by atoms with E-state index in [1.165, 1.54) is 0 Å². The summed E-state index contributed by atoms with van der Waals surface area (Å²) < 4.78 is 5.50. The summed E-state index contributed by atoms with van der Waals surface area (Å²) in [6, 6.07) is 0.487. The van der Waals surface area contributed by atoms with Gasteiger partial charge in [0.25, 0.3) is 0 Å². The Balaban J connectivity index is 2.67. The molecule has 1 aliphatic heterocycles. The maximum Gasteiger partial charge on any atom is 0.0625 e. The minimum atomic E-state index is 0.271. The molecule has 1 heterocycles. The summed E-state index contributed by atoms with van der Waals surface area (Å²) in [6.45, 7) is 14.2. The van der Waals surface area contributed by atoms with Gasteiger partial charge < -0.3 is 10.1 Å². The van der Waals surface area contributed by atoms with Crippen LogP contribution in [0.2, 0.25) is 0 Å². The molecular weight excluding hydrogens is 162 g/mol. The second-order valence-electron chi connectivity index (χ2n) is 5.55. The lowest BCUT2D eigenvalue weighted by Gasteiger charge is -2.46. The van der Waals surface area contributed by atoms with Crippen LogP contribution in [-0.4, -0.2) is 25.8 Å². The molecule has 0 radical (unpaired) electrons. The van der Waals surface area contributed by atoms with E-state index >= 15 is 0 Å². The molecule has 78 valence electrons. The highest BCUT2D eigenvalue weighted by Crippen LogP contribution is 2.41. The van der Waals surface area contributed by atoms with Gasteiger partial charge in [-0.3, -0.25) is 0 Å². The first-order chi connectivity index (χ1) is 5.86. The van der Waals surface area contributed by atoms with Crippen molar-refractivity contribution in [1.29, 1.82) is 0 Å². The van der Waals surface area contributed by atoms with Crippen LogP contribution in [0.25, 0.3) is 0 Å². The van der Waals surface area contributed by atoms with Gasteiger partial charge in [-0.15, -0.1) is 0 Å². The minimum absolute atomic E-state index is 0.271. The predicted molar refractivity (Wildman–Crippen MR) is 55.8 cm³/mol. The van der Waals surface area contributed by atoms with Gasteiger partial charge >= 0.3 is 0 Å². The minimum Gasteiger partial charge on any atom is -0.378 e. The second-order valence-corrected chi connectivity index (χ2v) is 5.55. The summed E-state index contributed by atoms with van der Waals surface area (Å²) in [4.78, 5) is 0. The molecule has 0 aromatic rings. The molecule has 1 N–H and O–H groups in total. The van der Waals surface area contributed by atoms with Crippen molar-refractivity contribution in [2.24, 2.45) is 10.8 Å². The lowest BCUT2D eigenvalue weighted by Crippen LogP contribution is -2.54. The van der Waals surface area contributed by atoms with Gasteiger partial charge in [0.2, 0.25) is 0 Å². The third kappa shape index (κ3) is 2.23. The van der Waals surface area contributed by atoms with Crippen LogP contribution in [0.15, 0.2) is 0 Å². The summed E-state index contributed by atoms with van der Waals surface area (Å²) in [5, 5.41) is 3.54. The van der Waals surface area contributed by atoms with Gasteiger partial charge in [0.15, 0.2) is 0 Å². The van der Waals surface area contributed by atoms with Crippen molar-refractivity contribution in [2.45, 2.75) is 40.7 Å². The number of hydrogen-bond acceptors (Lipinski definition) is 2. The van der Waals surface area contributed by atoms with Crippen molar-refractivity contribution in [3.05, 3.63) is 0 Å². The van der Waals surface area contributed by atoms with Crippen LogP contribution in [0, 0.1) is 10.8 Å². The van der Waals surface area contributed by atoms with E-state index in [9.17, 15) is 0 Å². The Hall–Kier alpha value is -0.0800. The fourth-order valence-corrected chi connectivity index (χ4v) is 1.55. The van der Waals surface area contributed by atoms with Gasteiger partial charge in [0.05, 0.1) is 13.2 Å². The summed E-state index contributed by atoms with van der Waals surface area (Å²) in [5.41, 5.74) is 0.582. The summed E-state index contributed by atoms with van der Waals surface area (Å²) in [6.07, 6.45) is 0. The van der Waals surface area contributed by atoms with Crippen molar-refractivity contribution in [3.8, 4) is 0 Å². The van der Waals surface area contributed by atoms with Crippen LogP contribution in [0.1, 0.15) is 34.6 Å². The molecule has 13 heavy (non-hydrogen) atoms. The molecule has 1 unspecified atom stereocenters. The van der Waals surface area contributed by atoms with E-state index < -0.39 is 0 Å². The third-order valence-corrected chi connectivity index (χ3v) is 3.73. The molecule has 1 aliphatic rings. The first kappa shape index (κ1) is 11.0. The third-order valence-electron chi connectivity index (χ3n) is 3.73. The Morgan fingerprint density at radius 1 is 1.15 bits per heavy atom. The Bertz CT molecular complexity index is 163. The number of morpholine rings is 1. The normalized spacial score (nSPS) is 26.1. The van der Waals surface area contributed by atoms with E-state index in [1.54, 1.807) is 0 Å². The Morgan fingerprint density at radius 2 is 1.77 bits per heavy atom. The smallest absolute Gasteiger partial charge is 0.0625 e. The SMILES string of the molecule is CC(C)(C)C(C)(C)C1COCCN1. The molecule has 0 aromatic heterocycles. The average Bonchev–Trinajstić information content (AvgIpc) is 2.04. The first-order valence-electron chi connectivity index (χ1n) is 5.17. The molecule has 1 rings (SSSR count). The van der Waals surface area contributed by atoms with E-state index in [1.807, 2.05) is 0 Å². The monoisotopic (exact) mass is 185 g/mol. The van der Waals surface area contributed by atoms with Crippen LogP contribution in [0.3, 0.4) is 0 Å². The molecule has 1 atom stereocenters. The Kier molecular flexibility index (Phi) is 3.03. The van der Waals surface area contributed by atoms with Gasteiger partial charge in [-0.1, -0.05) is 34.6 Å². The largest absolute Gasteiger partial charge is 0.378 e. The molecule has 2 heteroatoms. The molecule has 1 fully saturated rings. The van der Waals surface area contributed by atoms with Crippen LogP contribution in [0.4, 0.5) is 0 Å². The van der Waals surface area contributed by atoms with Gasteiger partial charge in [-0.05, 0) is 10.8 Å². The fraction of sp³-hybridized carbons (Fsp3) is 1.00. The Labute approximate surface area is 82.0 Å². The zero-order valence-electron chi connectivity index (χ0n) is 9.61. The van der Waals surface area contributed by atoms with Crippen molar-refractivity contribution >= 4 is 0 Å². The quantitative estimate of drug-likeness (QED) is 0.675. The maximum atomic E-state index is 5.50. The van der Waals surface area contributed by atoms with Crippen molar-refractivity contribution < 1.29 is 4.74 Å². The van der Waals surface area contributed by atoms with Gasteiger partial charge in [0, 0.05) is 12.6 Å². The molecule has 0 aliphatic carbocycles. The lowest BCUT2D eigenvalue weighted by atomic mass is 9.65. The van der Waals surface area contributed by atoms with E-state index in [-0.39, 0.29) is 5.41 Å². The summed E-state index contributed by atoms with van der Waals surface area (Å²) in [5.74, 6) is 0. The molecule has 2 nitrogen and oxygen atoms in total. The lowest BCUT2D eigenvalue weighted by molar-refractivity contribution is -0.0120. The maximum absolute atomic E-state index is 5.50. The zero-order chi connectivity index (χ0) is 10.1. The fourth-order valence-electron chi connectivity index (χ4n) is 1.55. The molecule has 0 saturated carbocycles.